The van der Waals surface area contributed by atoms with Crippen LogP contribution in [0.15, 0.2) is 40.8 Å². The molecule has 44 heavy (non-hydrogen) atoms. The van der Waals surface area contributed by atoms with Crippen LogP contribution in [0, 0.1) is 5.82 Å². The Kier molecular flexibility index (Phi) is 10.9. The lowest BCUT2D eigenvalue weighted by Crippen LogP contribution is -2.34. The predicted octanol–water partition coefficient (Wildman–Crippen LogP) is 2.67. The van der Waals surface area contributed by atoms with E-state index in [1.807, 2.05) is 0 Å². The fraction of sp³-hybridized carbons (Fsp3) is 0.393. The highest BCUT2D eigenvalue weighted by molar-refractivity contribution is 7.92. The summed E-state index contributed by atoms with van der Waals surface area (Å²) < 4.78 is 67.3. The maximum absolute atomic E-state index is 13.6. The minimum atomic E-state index is -3.81. The number of nitrogens with two attached hydrogens (primary N) is 1. The summed E-state index contributed by atoms with van der Waals surface area (Å²) in [5, 5.41) is 8.69. The van der Waals surface area contributed by atoms with Gasteiger partial charge >= 0.3 is 12.1 Å². The van der Waals surface area contributed by atoms with Gasteiger partial charge in [0.05, 0.1) is 51.5 Å². The second-order valence-corrected chi connectivity index (χ2v) is 11.8. The molecule has 0 spiro atoms. The molecule has 0 bridgehead atoms. The van der Waals surface area contributed by atoms with Gasteiger partial charge in [0.1, 0.15) is 29.3 Å². The van der Waals surface area contributed by atoms with E-state index in [1.165, 1.54) is 40.1 Å². The molecule has 0 unspecified atom stereocenters. The Morgan fingerprint density at radius 1 is 1.05 bits per heavy atom. The first-order valence-electron chi connectivity index (χ1n) is 13.5. The van der Waals surface area contributed by atoms with Gasteiger partial charge in [0.25, 0.3) is 5.91 Å². The number of carbonyl (C=O) groups is 3. The molecule has 1 aromatic heterocycles. The minimum absolute atomic E-state index is 0.00134. The van der Waals surface area contributed by atoms with E-state index >= 15 is 0 Å². The largest absolute Gasteiger partial charge is 0.455 e. The van der Waals surface area contributed by atoms with Crippen LogP contribution in [0.3, 0.4) is 0 Å². The number of sulfonamides is 1. The number of ether oxygens (including phenoxy) is 4. The van der Waals surface area contributed by atoms with Gasteiger partial charge in [0, 0.05) is 17.0 Å². The summed E-state index contributed by atoms with van der Waals surface area (Å²) in [7, 11) is -3.81. The van der Waals surface area contributed by atoms with E-state index in [0.29, 0.717) is 16.8 Å². The molecule has 2 amide bonds. The number of furan rings is 1. The van der Waals surface area contributed by atoms with Crippen LogP contribution in [-0.2, 0) is 33.8 Å². The Morgan fingerprint density at radius 3 is 2.27 bits per heavy atom. The maximum atomic E-state index is 13.6. The molecular formula is C28H32FN3O11S. The fourth-order valence-electron chi connectivity index (χ4n) is 4.49. The normalized spacial score (nSPS) is 13.2. The average molecular weight is 638 g/mol. The molecule has 1 fully saturated rings. The fourth-order valence-corrected chi connectivity index (χ4v) is 5.41. The number of carbonyl (C=O) groups excluding carboxylic acids is 3. The first kappa shape index (κ1) is 32.8. The third-order valence-corrected chi connectivity index (χ3v) is 7.75. The lowest BCUT2D eigenvalue weighted by molar-refractivity contribution is -0.134. The van der Waals surface area contributed by atoms with Crippen molar-refractivity contribution < 1.29 is 55.8 Å². The van der Waals surface area contributed by atoms with Gasteiger partial charge in [-0.05, 0) is 54.7 Å². The van der Waals surface area contributed by atoms with E-state index in [0.717, 1.165) is 19.1 Å². The molecule has 2 aromatic carbocycles. The van der Waals surface area contributed by atoms with Crippen molar-refractivity contribution >= 4 is 44.6 Å². The smallest absolute Gasteiger partial charge is 0.412 e. The van der Waals surface area contributed by atoms with Gasteiger partial charge in [-0.25, -0.2) is 27.9 Å². The Hall–Kier alpha value is -4.09. The first-order valence-corrected chi connectivity index (χ1v) is 15.4. The molecule has 0 aliphatic heterocycles. The van der Waals surface area contributed by atoms with Crippen molar-refractivity contribution in [3.05, 3.63) is 53.3 Å². The summed E-state index contributed by atoms with van der Waals surface area (Å²) in [5.41, 5.74) is 7.90. The standard InChI is InChI=1S/C28H32FN3O11S/c1-44(37,38)32(8-9-39-10-11-40-12-13-41-16-24(33)31-36)22-15-23-21(14-20(22)17-2-3-17)25(27(34)43-28(30)35)26(42-23)18-4-6-19(29)7-5-18/h4-7,14-15,17,36H,2-3,8-13,16H2,1H3,(H2,30,35)(H,31,33). The molecule has 3 aromatic rings. The summed E-state index contributed by atoms with van der Waals surface area (Å²) in [6.07, 6.45) is 1.34. The van der Waals surface area contributed by atoms with Crippen molar-refractivity contribution in [1.82, 2.24) is 5.48 Å². The number of anilines is 1. The number of benzene rings is 2. The van der Waals surface area contributed by atoms with Crippen molar-refractivity contribution in [2.45, 2.75) is 18.8 Å². The van der Waals surface area contributed by atoms with Crippen LogP contribution in [0.25, 0.3) is 22.3 Å². The molecule has 4 rings (SSSR count). The second-order valence-electron chi connectivity index (χ2n) is 9.85. The van der Waals surface area contributed by atoms with Crippen molar-refractivity contribution in [3.63, 3.8) is 0 Å². The van der Waals surface area contributed by atoms with Crippen LogP contribution in [0.1, 0.15) is 34.7 Å². The highest BCUT2D eigenvalue weighted by atomic mass is 32.2. The zero-order chi connectivity index (χ0) is 31.9. The van der Waals surface area contributed by atoms with Crippen LogP contribution in [0.5, 0.6) is 0 Å². The Bertz CT molecular complexity index is 1600. The highest BCUT2D eigenvalue weighted by Gasteiger charge is 2.33. The molecule has 0 saturated heterocycles. The number of amides is 2. The average Bonchev–Trinajstić information content (AvgIpc) is 3.74. The third-order valence-electron chi connectivity index (χ3n) is 6.57. The van der Waals surface area contributed by atoms with Gasteiger partial charge in [0.2, 0.25) is 10.0 Å². The summed E-state index contributed by atoms with van der Waals surface area (Å²) >= 11 is 0. The van der Waals surface area contributed by atoms with Crippen LogP contribution in [0.2, 0.25) is 0 Å². The molecular weight excluding hydrogens is 605 g/mol. The van der Waals surface area contributed by atoms with Crippen LogP contribution >= 0.6 is 0 Å². The van der Waals surface area contributed by atoms with Gasteiger partial charge < -0.3 is 29.1 Å². The van der Waals surface area contributed by atoms with E-state index in [1.54, 1.807) is 6.07 Å². The van der Waals surface area contributed by atoms with Gasteiger partial charge in [-0.3, -0.25) is 14.3 Å². The molecule has 14 nitrogen and oxygen atoms in total. The van der Waals surface area contributed by atoms with E-state index in [-0.39, 0.29) is 74.4 Å². The number of esters is 1. The molecule has 1 aliphatic rings. The number of nitrogens with zero attached hydrogens (tertiary/aromatic N) is 1. The lowest BCUT2D eigenvalue weighted by Gasteiger charge is -2.25. The maximum Gasteiger partial charge on any atom is 0.412 e. The quantitative estimate of drug-likeness (QED) is 0.0686. The number of hydrogen-bond donors (Lipinski definition) is 3. The summed E-state index contributed by atoms with van der Waals surface area (Å²) in [6, 6.07) is 8.30. The SMILES string of the molecule is CS(=O)(=O)N(CCOCCOCCOCC(=O)NO)c1cc2oc(-c3ccc(F)cc3)c(C(=O)OC(N)=O)c2cc1C1CC1. The molecule has 16 heteroatoms. The summed E-state index contributed by atoms with van der Waals surface area (Å²) in [5.74, 6) is -2.24. The number of halogens is 1. The second kappa shape index (κ2) is 14.6. The van der Waals surface area contributed by atoms with E-state index in [9.17, 15) is 27.2 Å². The lowest BCUT2D eigenvalue weighted by atomic mass is 10.0. The van der Waals surface area contributed by atoms with Crippen molar-refractivity contribution in [3.8, 4) is 11.3 Å². The topological polar surface area (TPSA) is 197 Å². The number of nitrogens with one attached hydrogen (secondary N) is 1. The van der Waals surface area contributed by atoms with Crippen molar-refractivity contribution in [2.75, 3.05) is 56.7 Å². The molecule has 0 atom stereocenters. The number of hydroxylamine groups is 1. The van der Waals surface area contributed by atoms with Gasteiger partial charge in [0.15, 0.2) is 0 Å². The summed E-state index contributed by atoms with van der Waals surface area (Å²) in [6.45, 7) is 0.340. The van der Waals surface area contributed by atoms with Crippen molar-refractivity contribution in [1.29, 1.82) is 0 Å². The molecule has 1 heterocycles. The van der Waals surface area contributed by atoms with E-state index in [2.05, 4.69) is 4.74 Å². The Balaban J connectivity index is 1.55. The molecule has 1 aliphatic carbocycles. The Morgan fingerprint density at radius 2 is 1.68 bits per heavy atom. The molecule has 4 N–H and O–H groups in total. The summed E-state index contributed by atoms with van der Waals surface area (Å²) in [4.78, 5) is 35.3. The van der Waals surface area contributed by atoms with Crippen LogP contribution in [0.4, 0.5) is 14.9 Å². The number of primary amides is 1. The predicted molar refractivity (Wildman–Crippen MR) is 153 cm³/mol. The molecule has 238 valence electrons. The minimum Gasteiger partial charge on any atom is -0.455 e. The third kappa shape index (κ3) is 8.51. The van der Waals surface area contributed by atoms with Crippen molar-refractivity contribution in [2.24, 2.45) is 5.73 Å². The zero-order valence-corrected chi connectivity index (χ0v) is 24.6. The van der Waals surface area contributed by atoms with Gasteiger partial charge in [-0.1, -0.05) is 0 Å². The van der Waals surface area contributed by atoms with Crippen LogP contribution in [-0.4, -0.2) is 84.0 Å². The van der Waals surface area contributed by atoms with Crippen LogP contribution < -0.4 is 15.5 Å². The monoisotopic (exact) mass is 637 g/mol. The number of rotatable bonds is 16. The number of fused-ring (bicyclic) bond motifs is 1. The van der Waals surface area contributed by atoms with E-state index in [4.69, 9.17) is 29.6 Å². The Labute approximate surface area is 251 Å². The highest BCUT2D eigenvalue weighted by Crippen LogP contribution is 2.48. The molecule has 0 radical (unpaired) electrons. The zero-order valence-electron chi connectivity index (χ0n) is 23.7. The molecule has 1 saturated carbocycles. The van der Waals surface area contributed by atoms with Gasteiger partial charge in [-0.2, -0.15) is 0 Å². The van der Waals surface area contributed by atoms with E-state index < -0.39 is 33.8 Å². The number of hydrogen-bond acceptors (Lipinski definition) is 11. The first-order chi connectivity index (χ1) is 21.0. The van der Waals surface area contributed by atoms with Gasteiger partial charge in [-0.15, -0.1) is 0 Å².